The van der Waals surface area contributed by atoms with Crippen LogP contribution in [0.4, 0.5) is 0 Å². The van der Waals surface area contributed by atoms with Gasteiger partial charge in [-0.25, -0.2) is 0 Å². The first-order valence-electron chi connectivity index (χ1n) is 8.56. The molecule has 0 N–H and O–H groups in total. The lowest BCUT2D eigenvalue weighted by Crippen LogP contribution is -2.37. The van der Waals surface area contributed by atoms with Gasteiger partial charge in [0, 0.05) is 5.66 Å². The van der Waals surface area contributed by atoms with Crippen molar-refractivity contribution < 1.29 is 0 Å². The van der Waals surface area contributed by atoms with Crippen molar-refractivity contribution in [1.29, 1.82) is 0 Å². The molecule has 0 bridgehead atoms. The number of hydrogen-bond acceptors (Lipinski definition) is 0. The molecule has 0 aromatic heterocycles. The lowest BCUT2D eigenvalue weighted by molar-refractivity contribution is 0.420. The van der Waals surface area contributed by atoms with Gasteiger partial charge in [-0.05, 0) is 31.7 Å². The zero-order valence-electron chi connectivity index (χ0n) is 17.0. The monoisotopic (exact) mass is 340 g/mol. The van der Waals surface area contributed by atoms with Crippen LogP contribution in [0.2, 0.25) is 0 Å². The fourth-order valence-electron chi connectivity index (χ4n) is 2.88. The van der Waals surface area contributed by atoms with Crippen molar-refractivity contribution in [1.82, 2.24) is 0 Å². The van der Waals surface area contributed by atoms with Crippen LogP contribution in [0, 0.1) is 16.2 Å². The summed E-state index contributed by atoms with van der Waals surface area (Å²) in [5.74, 6) is 0. The summed E-state index contributed by atoms with van der Waals surface area (Å²) in [6, 6.07) is 0. The molecule has 2 unspecified atom stereocenters. The van der Waals surface area contributed by atoms with E-state index in [1.807, 2.05) is 0 Å². The van der Waals surface area contributed by atoms with Crippen molar-refractivity contribution in [3.8, 4) is 0 Å². The maximum absolute atomic E-state index is 2.66. The summed E-state index contributed by atoms with van der Waals surface area (Å²) in [7, 11) is 1.35. The Balaban J connectivity index is 3.61. The van der Waals surface area contributed by atoms with Gasteiger partial charge in [-0.1, -0.05) is 105 Å². The Morgan fingerprint density at radius 1 is 0.773 bits per heavy atom. The van der Waals surface area contributed by atoms with Gasteiger partial charge in [0.15, 0.2) is 0 Å². The van der Waals surface area contributed by atoms with Gasteiger partial charge in [-0.2, -0.15) is 0 Å². The van der Waals surface area contributed by atoms with Crippen molar-refractivity contribution in [2.24, 2.45) is 16.2 Å². The van der Waals surface area contributed by atoms with Gasteiger partial charge in [-0.15, -0.1) is 0 Å². The summed E-state index contributed by atoms with van der Waals surface area (Å²) in [6.07, 6.45) is 2.66. The largest absolute Gasteiger partial charge is 0.0680 e. The predicted octanol–water partition coefficient (Wildman–Crippen LogP) is 7.75. The molecule has 2 heteroatoms. The molecule has 1 heterocycles. The Bertz CT molecular complexity index is 468. The van der Waals surface area contributed by atoms with Gasteiger partial charge in [-0.3, -0.25) is 0 Å². The van der Waals surface area contributed by atoms with Crippen LogP contribution in [0.5, 0.6) is 0 Å². The molecular formula is C20H38P2. The Hall–Kier alpha value is 0.340. The lowest BCUT2D eigenvalue weighted by Gasteiger charge is -2.50. The first-order chi connectivity index (χ1) is 9.45. The highest BCUT2D eigenvalue weighted by Gasteiger charge is 2.45. The Morgan fingerprint density at radius 3 is 1.50 bits per heavy atom. The minimum atomic E-state index is -0.162. The van der Waals surface area contributed by atoms with E-state index in [1.165, 1.54) is 8.20 Å². The van der Waals surface area contributed by atoms with Crippen LogP contribution in [0.15, 0.2) is 11.4 Å². The van der Waals surface area contributed by atoms with E-state index in [0.29, 0.717) is 16.2 Å². The Labute approximate surface area is 143 Å². The van der Waals surface area contributed by atoms with Crippen molar-refractivity contribution in [2.75, 3.05) is 0 Å². The molecule has 1 aliphatic heterocycles. The quantitative estimate of drug-likeness (QED) is 0.395. The van der Waals surface area contributed by atoms with Gasteiger partial charge in [0.2, 0.25) is 0 Å². The van der Waals surface area contributed by atoms with Crippen molar-refractivity contribution in [3.63, 3.8) is 0 Å². The van der Waals surface area contributed by atoms with E-state index < -0.39 is 0 Å². The second-order valence-corrected chi connectivity index (χ2v) is 15.4. The van der Waals surface area contributed by atoms with Crippen molar-refractivity contribution in [3.05, 3.63) is 11.4 Å². The number of rotatable bonds is 0. The van der Waals surface area contributed by atoms with Gasteiger partial charge >= 0.3 is 0 Å². The molecule has 2 atom stereocenters. The minimum absolute atomic E-state index is 0.162. The topological polar surface area (TPSA) is 0 Å². The molecule has 0 amide bonds. The molecule has 0 aromatic rings. The Morgan fingerprint density at radius 2 is 1.23 bits per heavy atom. The molecule has 0 saturated carbocycles. The third-order valence-corrected chi connectivity index (χ3v) is 11.0. The molecular weight excluding hydrogens is 302 g/mol. The second kappa shape index (κ2) is 6.01. The minimum Gasteiger partial charge on any atom is -0.0680 e. The normalized spacial score (nSPS) is 25.6. The molecule has 0 aliphatic carbocycles. The average molecular weight is 340 g/mol. The maximum atomic E-state index is 2.66. The second-order valence-electron chi connectivity index (χ2n) is 10.8. The first kappa shape index (κ1) is 20.4. The SMILES string of the molecule is CC(C)(C)C1=CC(C(C)(C)C)P(C(C)(C)C)C(C(C)(C)C)=P1. The zero-order valence-corrected chi connectivity index (χ0v) is 18.8. The summed E-state index contributed by atoms with van der Waals surface area (Å²) in [5, 5.41) is 3.78. The molecule has 0 fully saturated rings. The summed E-state index contributed by atoms with van der Waals surface area (Å²) >= 11 is 0. The number of allylic oxidation sites excluding steroid dienone is 2. The van der Waals surface area contributed by atoms with Crippen molar-refractivity contribution in [2.45, 2.75) is 93.9 Å². The molecule has 0 radical (unpaired) electrons. The third kappa shape index (κ3) is 4.68. The highest BCUT2D eigenvalue weighted by molar-refractivity contribution is 7.88. The highest BCUT2D eigenvalue weighted by Crippen LogP contribution is 2.67. The van der Waals surface area contributed by atoms with Crippen molar-refractivity contribution >= 4 is 21.2 Å². The smallest absolute Gasteiger partial charge is 0.00738 e. The van der Waals surface area contributed by atoms with E-state index in [2.05, 4.69) is 89.2 Å². The summed E-state index contributed by atoms with van der Waals surface area (Å²) in [4.78, 5) is 0. The molecule has 22 heavy (non-hydrogen) atoms. The maximum Gasteiger partial charge on any atom is 0.00738 e. The van der Waals surface area contributed by atoms with Gasteiger partial charge in [0.1, 0.15) is 0 Å². The molecule has 0 aromatic carbocycles. The third-order valence-electron chi connectivity index (χ3n) is 4.10. The van der Waals surface area contributed by atoms with Gasteiger partial charge in [0.05, 0.1) is 0 Å². The van der Waals surface area contributed by atoms with Gasteiger partial charge in [0.25, 0.3) is 0 Å². The molecule has 1 aliphatic rings. The first-order valence-corrected chi connectivity index (χ1v) is 10.9. The molecule has 0 nitrogen and oxygen atoms in total. The van der Waals surface area contributed by atoms with Crippen LogP contribution in [-0.4, -0.2) is 15.8 Å². The highest BCUT2D eigenvalue weighted by atomic mass is 31.1. The summed E-state index contributed by atoms with van der Waals surface area (Å²) in [6.45, 7) is 29.0. The fourth-order valence-corrected chi connectivity index (χ4v) is 9.68. The molecule has 128 valence electrons. The standard InChI is InChI=1S/C20H38P2/c1-17(2,3)14-13-15(18(4,5)6)22(20(10,11)12)16(21-14)19(7,8)9/h13,15H,1-12H3. The number of hydrogen-bond donors (Lipinski definition) is 0. The van der Waals surface area contributed by atoms with E-state index in [4.69, 9.17) is 0 Å². The van der Waals surface area contributed by atoms with Crippen LogP contribution < -0.4 is 0 Å². The predicted molar refractivity (Wildman–Crippen MR) is 109 cm³/mol. The lowest BCUT2D eigenvalue weighted by atomic mass is 9.88. The van der Waals surface area contributed by atoms with E-state index in [9.17, 15) is 0 Å². The van der Waals surface area contributed by atoms with E-state index in [1.54, 1.807) is 10.3 Å². The average Bonchev–Trinajstić information content (AvgIpc) is 2.22. The summed E-state index contributed by atoms with van der Waals surface area (Å²) in [5.41, 5.74) is 1.55. The molecule has 0 saturated heterocycles. The van der Waals surface area contributed by atoms with E-state index >= 15 is 0 Å². The van der Waals surface area contributed by atoms with Crippen LogP contribution >= 0.6 is 16.1 Å². The van der Waals surface area contributed by atoms with Crippen LogP contribution in [0.25, 0.3) is 0 Å². The fraction of sp³-hybridized carbons (Fsp3) is 0.850. The summed E-state index contributed by atoms with van der Waals surface area (Å²) < 4.78 is 0. The van der Waals surface area contributed by atoms with Crippen LogP contribution in [-0.2, 0) is 0 Å². The van der Waals surface area contributed by atoms with E-state index in [0.717, 1.165) is 0 Å². The van der Waals surface area contributed by atoms with Crippen LogP contribution in [0.3, 0.4) is 0 Å². The molecule has 0 spiro atoms. The van der Waals surface area contributed by atoms with E-state index in [-0.39, 0.29) is 18.8 Å². The molecule has 1 rings (SSSR count). The van der Waals surface area contributed by atoms with Gasteiger partial charge < -0.3 is 0 Å². The zero-order chi connectivity index (χ0) is 17.7. The Kier molecular flexibility index (Phi) is 5.57. The van der Waals surface area contributed by atoms with Crippen LogP contribution in [0.1, 0.15) is 83.1 Å².